The van der Waals surface area contributed by atoms with Crippen LogP contribution in [0.15, 0.2) is 42.5 Å². The quantitative estimate of drug-likeness (QED) is 0.202. The highest BCUT2D eigenvalue weighted by atomic mass is 16.5. The number of anilines is 1. The topological polar surface area (TPSA) is 88.1 Å². The minimum atomic E-state index is -0.255. The standard InChI is InChI=1S/C31H42N2O5/c34-27-17-16-25(31-30(27)32-28(35)23-38-31)13-7-4-10-20-33(26-14-8-1-2-9-15-26)29(36)19-22-37-21-18-24-11-5-3-6-12-24/h3,5-6,11-12,16-17,26,34H,1-2,4,7-10,13-15,18-23H2,(H,32,35). The van der Waals surface area contributed by atoms with Crippen molar-refractivity contribution in [3.63, 3.8) is 0 Å². The largest absolute Gasteiger partial charge is 0.506 e. The van der Waals surface area contributed by atoms with Crippen LogP contribution in [0.2, 0.25) is 0 Å². The number of ether oxygens (including phenoxy) is 2. The van der Waals surface area contributed by atoms with Gasteiger partial charge in [0.15, 0.2) is 12.4 Å². The number of phenolic OH excluding ortho intramolecular Hbond substituents is 1. The molecule has 7 heteroatoms. The van der Waals surface area contributed by atoms with Crippen LogP contribution in [-0.2, 0) is 27.2 Å². The third-order valence-corrected chi connectivity index (χ3v) is 7.60. The molecule has 0 spiro atoms. The fraction of sp³-hybridized carbons (Fsp3) is 0.548. The van der Waals surface area contributed by atoms with E-state index in [1.54, 1.807) is 6.07 Å². The fourth-order valence-electron chi connectivity index (χ4n) is 5.51. The number of fused-ring (bicyclic) bond motifs is 1. The molecule has 0 unspecified atom stereocenters. The van der Waals surface area contributed by atoms with Crippen LogP contribution in [0.3, 0.4) is 0 Å². The average molecular weight is 523 g/mol. The minimum absolute atomic E-state index is 0.0263. The molecule has 206 valence electrons. The van der Waals surface area contributed by atoms with Crippen molar-refractivity contribution < 1.29 is 24.2 Å². The van der Waals surface area contributed by atoms with Gasteiger partial charge in [0.1, 0.15) is 11.4 Å². The Labute approximate surface area is 226 Å². The van der Waals surface area contributed by atoms with Crippen LogP contribution >= 0.6 is 0 Å². The summed E-state index contributed by atoms with van der Waals surface area (Å²) in [6, 6.07) is 14.1. The van der Waals surface area contributed by atoms with Crippen LogP contribution in [-0.4, -0.2) is 54.2 Å². The molecule has 4 rings (SSSR count). The number of benzene rings is 2. The first-order chi connectivity index (χ1) is 18.6. The molecular weight excluding hydrogens is 480 g/mol. The lowest BCUT2D eigenvalue weighted by Gasteiger charge is -2.31. The van der Waals surface area contributed by atoms with E-state index in [0.717, 1.165) is 57.1 Å². The predicted molar refractivity (Wildman–Crippen MR) is 149 cm³/mol. The Balaban J connectivity index is 1.23. The lowest BCUT2D eigenvalue weighted by atomic mass is 10.0. The van der Waals surface area contributed by atoms with Crippen LogP contribution in [0.1, 0.15) is 75.3 Å². The summed E-state index contributed by atoms with van der Waals surface area (Å²) >= 11 is 0. The maximum atomic E-state index is 13.3. The van der Waals surface area contributed by atoms with E-state index < -0.39 is 0 Å². The number of unbranched alkanes of at least 4 members (excludes halogenated alkanes) is 2. The monoisotopic (exact) mass is 522 g/mol. The number of phenols is 1. The van der Waals surface area contributed by atoms with Gasteiger partial charge in [-0.1, -0.05) is 68.5 Å². The Bertz CT molecular complexity index is 1030. The van der Waals surface area contributed by atoms with Crippen LogP contribution in [0.4, 0.5) is 5.69 Å². The van der Waals surface area contributed by atoms with E-state index in [0.29, 0.717) is 37.1 Å². The summed E-state index contributed by atoms with van der Waals surface area (Å²) in [5.41, 5.74) is 2.61. The Hall–Kier alpha value is -3.06. The number of rotatable bonds is 13. The molecule has 2 aliphatic rings. The van der Waals surface area contributed by atoms with E-state index in [4.69, 9.17) is 9.47 Å². The van der Waals surface area contributed by atoms with Crippen molar-refractivity contribution in [1.29, 1.82) is 0 Å². The number of aromatic hydroxyl groups is 1. The van der Waals surface area contributed by atoms with Gasteiger partial charge in [-0.3, -0.25) is 9.59 Å². The third kappa shape index (κ3) is 8.22. The zero-order chi connectivity index (χ0) is 26.6. The van der Waals surface area contributed by atoms with Crippen LogP contribution in [0.5, 0.6) is 11.5 Å². The van der Waals surface area contributed by atoms with Crippen LogP contribution in [0.25, 0.3) is 0 Å². The average Bonchev–Trinajstić information content (AvgIpc) is 3.22. The van der Waals surface area contributed by atoms with Crippen molar-refractivity contribution in [2.45, 2.75) is 83.1 Å². The molecule has 2 aromatic rings. The number of nitrogens with one attached hydrogen (secondary N) is 1. The molecule has 1 aliphatic carbocycles. The molecule has 1 saturated carbocycles. The fourth-order valence-corrected chi connectivity index (χ4v) is 5.51. The second-order valence-electron chi connectivity index (χ2n) is 10.4. The number of hydrogen-bond donors (Lipinski definition) is 2. The van der Waals surface area contributed by atoms with E-state index in [1.807, 2.05) is 24.3 Å². The summed E-state index contributed by atoms with van der Waals surface area (Å²) in [7, 11) is 0. The van der Waals surface area contributed by atoms with E-state index in [-0.39, 0.29) is 24.2 Å². The second kappa shape index (κ2) is 14.8. The van der Waals surface area contributed by atoms with E-state index >= 15 is 0 Å². The molecule has 0 radical (unpaired) electrons. The number of carbonyl (C=O) groups is 2. The predicted octanol–water partition coefficient (Wildman–Crippen LogP) is 5.64. The van der Waals surface area contributed by atoms with Crippen LogP contribution < -0.4 is 10.1 Å². The van der Waals surface area contributed by atoms with Crippen molar-refractivity contribution in [2.75, 3.05) is 31.7 Å². The van der Waals surface area contributed by atoms with Crippen molar-refractivity contribution in [1.82, 2.24) is 4.90 Å². The summed E-state index contributed by atoms with van der Waals surface area (Å²) in [5.74, 6) is 0.564. The molecule has 0 saturated heterocycles. The zero-order valence-corrected chi connectivity index (χ0v) is 22.5. The third-order valence-electron chi connectivity index (χ3n) is 7.60. The SMILES string of the molecule is O=C1COc2c(CCCCCN(C(=O)CCOCCc3ccccc3)C3CCCCCC3)ccc(O)c2N1. The molecule has 7 nitrogen and oxygen atoms in total. The summed E-state index contributed by atoms with van der Waals surface area (Å²) < 4.78 is 11.4. The van der Waals surface area contributed by atoms with Gasteiger partial charge in [0, 0.05) is 12.6 Å². The molecular formula is C31H42N2O5. The molecule has 2 N–H and O–H groups in total. The number of aryl methyl sites for hydroxylation is 1. The maximum absolute atomic E-state index is 13.3. The summed E-state index contributed by atoms with van der Waals surface area (Å²) in [5, 5.41) is 12.8. The van der Waals surface area contributed by atoms with E-state index in [9.17, 15) is 14.7 Å². The first-order valence-electron chi connectivity index (χ1n) is 14.3. The molecule has 2 amide bonds. The lowest BCUT2D eigenvalue weighted by Crippen LogP contribution is -2.41. The zero-order valence-electron chi connectivity index (χ0n) is 22.5. The van der Waals surface area contributed by atoms with Gasteiger partial charge in [0.25, 0.3) is 5.91 Å². The molecule has 1 aliphatic heterocycles. The molecule has 38 heavy (non-hydrogen) atoms. The van der Waals surface area contributed by atoms with Gasteiger partial charge in [-0.25, -0.2) is 0 Å². The normalized spacial score (nSPS) is 15.7. The molecule has 0 bridgehead atoms. The first kappa shape index (κ1) is 28.0. The number of hydrogen-bond acceptors (Lipinski definition) is 5. The minimum Gasteiger partial charge on any atom is -0.506 e. The molecule has 1 heterocycles. The van der Waals surface area contributed by atoms with E-state index in [2.05, 4.69) is 22.3 Å². The smallest absolute Gasteiger partial charge is 0.262 e. The van der Waals surface area contributed by atoms with E-state index in [1.165, 1.54) is 31.2 Å². The number of nitrogens with zero attached hydrogens (tertiary/aromatic N) is 1. The highest BCUT2D eigenvalue weighted by Crippen LogP contribution is 2.39. The molecule has 1 fully saturated rings. The second-order valence-corrected chi connectivity index (χ2v) is 10.4. The van der Waals surface area contributed by atoms with Crippen molar-refractivity contribution in [3.05, 3.63) is 53.6 Å². The number of carbonyl (C=O) groups excluding carboxylic acids is 2. The van der Waals surface area contributed by atoms with Crippen molar-refractivity contribution in [3.8, 4) is 11.5 Å². The van der Waals surface area contributed by atoms with Gasteiger partial charge in [-0.05, 0) is 55.7 Å². The molecule has 0 aromatic heterocycles. The van der Waals surface area contributed by atoms with Crippen LogP contribution in [0, 0.1) is 0 Å². The molecule has 2 aromatic carbocycles. The Morgan fingerprint density at radius 3 is 2.55 bits per heavy atom. The van der Waals surface area contributed by atoms with Gasteiger partial charge < -0.3 is 24.8 Å². The van der Waals surface area contributed by atoms with Gasteiger partial charge >= 0.3 is 0 Å². The first-order valence-corrected chi connectivity index (χ1v) is 14.3. The summed E-state index contributed by atoms with van der Waals surface area (Å²) in [6.07, 6.45) is 12.1. The highest BCUT2D eigenvalue weighted by Gasteiger charge is 2.25. The van der Waals surface area contributed by atoms with Gasteiger partial charge in [-0.15, -0.1) is 0 Å². The lowest BCUT2D eigenvalue weighted by molar-refractivity contribution is -0.135. The maximum Gasteiger partial charge on any atom is 0.262 e. The summed E-state index contributed by atoms with van der Waals surface area (Å²) in [4.78, 5) is 27.0. The van der Waals surface area contributed by atoms with Crippen molar-refractivity contribution in [2.24, 2.45) is 0 Å². The highest BCUT2D eigenvalue weighted by molar-refractivity contribution is 5.97. The number of amides is 2. The van der Waals surface area contributed by atoms with Gasteiger partial charge in [0.2, 0.25) is 5.91 Å². The Kier molecular flexibility index (Phi) is 10.9. The Morgan fingerprint density at radius 2 is 1.76 bits per heavy atom. The van der Waals surface area contributed by atoms with Crippen molar-refractivity contribution >= 4 is 17.5 Å². The summed E-state index contributed by atoms with van der Waals surface area (Å²) in [6.45, 7) is 1.86. The Morgan fingerprint density at radius 1 is 0.974 bits per heavy atom. The van der Waals surface area contributed by atoms with Gasteiger partial charge in [-0.2, -0.15) is 0 Å². The van der Waals surface area contributed by atoms with Gasteiger partial charge in [0.05, 0.1) is 19.6 Å². The molecule has 0 atom stereocenters.